The Kier molecular flexibility index (Phi) is 4.19. The average Bonchev–Trinajstić information content (AvgIpc) is 3.04. The third-order valence-corrected chi connectivity index (χ3v) is 4.22. The number of hydrogen-bond donors (Lipinski definition) is 5. The highest BCUT2D eigenvalue weighted by Crippen LogP contribution is 2.41. The lowest BCUT2D eigenvalue weighted by Gasteiger charge is -2.27. The minimum Gasteiger partial charge on any atom is -0.394 e. The molecule has 3 unspecified atom stereocenters. The molecule has 1 aliphatic heterocycles. The summed E-state index contributed by atoms with van der Waals surface area (Å²) in [7, 11) is 0. The lowest BCUT2D eigenvalue weighted by molar-refractivity contribution is -0.0948. The van der Waals surface area contributed by atoms with Crippen LogP contribution in [0.3, 0.4) is 0 Å². The van der Waals surface area contributed by atoms with Crippen molar-refractivity contribution < 1.29 is 25.3 Å². The van der Waals surface area contributed by atoms with Crippen molar-refractivity contribution in [3.05, 3.63) is 23.0 Å². The van der Waals surface area contributed by atoms with Crippen LogP contribution in [0.15, 0.2) is 17.7 Å². The van der Waals surface area contributed by atoms with E-state index < -0.39 is 30.6 Å². The monoisotopic (exact) mass is 339 g/mol. The smallest absolute Gasteiger partial charge is 0.167 e. The SMILES string of the molecule is C[C@@]1(O)C(O)C(CO)OC1n1cc(CN=O)c2c(NO)ncnc21. The highest BCUT2D eigenvalue weighted by Gasteiger charge is 2.53. The Morgan fingerprint density at radius 3 is 2.83 bits per heavy atom. The number of rotatable bonds is 5. The summed E-state index contributed by atoms with van der Waals surface area (Å²) in [5.74, 6) is 0.0642. The molecule has 0 amide bonds. The van der Waals surface area contributed by atoms with Crippen LogP contribution in [0.1, 0.15) is 18.7 Å². The standard InChI is InChI=1S/C13H17N5O6/c1-13(21)9(20)7(4-19)24-12(13)18-3-6(2-16-22)8-10(17-23)14-5-15-11(8)18/h3,5,7,9,12,19-21,23H,2,4H2,1H3,(H,14,15,17)/t7?,9?,12?,13-/m1/s1. The summed E-state index contributed by atoms with van der Waals surface area (Å²) in [4.78, 5) is 18.7. The maximum Gasteiger partial charge on any atom is 0.167 e. The summed E-state index contributed by atoms with van der Waals surface area (Å²) in [5.41, 5.74) is 0.864. The molecule has 0 spiro atoms. The molecule has 1 fully saturated rings. The molecule has 1 aliphatic rings. The highest BCUT2D eigenvalue weighted by molar-refractivity contribution is 5.90. The summed E-state index contributed by atoms with van der Waals surface area (Å²) in [6, 6.07) is 0. The Bertz CT molecular complexity index is 763. The molecule has 130 valence electrons. The second kappa shape index (κ2) is 6.03. The minimum atomic E-state index is -1.72. The third kappa shape index (κ3) is 2.34. The Morgan fingerprint density at radius 2 is 2.25 bits per heavy atom. The van der Waals surface area contributed by atoms with Gasteiger partial charge in [0.25, 0.3) is 0 Å². The maximum absolute atomic E-state index is 10.7. The zero-order valence-electron chi connectivity index (χ0n) is 12.7. The number of anilines is 1. The molecule has 0 aromatic carbocycles. The van der Waals surface area contributed by atoms with Crippen molar-refractivity contribution >= 4 is 16.9 Å². The van der Waals surface area contributed by atoms with Gasteiger partial charge in [0.05, 0.1) is 12.0 Å². The van der Waals surface area contributed by atoms with Crippen LogP contribution in [0.4, 0.5) is 5.82 Å². The van der Waals surface area contributed by atoms with Crippen molar-refractivity contribution in [1.29, 1.82) is 0 Å². The van der Waals surface area contributed by atoms with Gasteiger partial charge in [-0.2, -0.15) is 4.91 Å². The van der Waals surface area contributed by atoms with Gasteiger partial charge in [0.1, 0.15) is 36.3 Å². The van der Waals surface area contributed by atoms with Crippen molar-refractivity contribution in [3.8, 4) is 0 Å². The molecule has 4 atom stereocenters. The first-order chi connectivity index (χ1) is 11.5. The van der Waals surface area contributed by atoms with Gasteiger partial charge < -0.3 is 24.6 Å². The quantitative estimate of drug-likeness (QED) is 0.357. The summed E-state index contributed by atoms with van der Waals surface area (Å²) in [6.07, 6.45) is -0.719. The number of nitroso groups, excluding NO2 is 1. The Labute approximate surface area is 135 Å². The van der Waals surface area contributed by atoms with Crippen LogP contribution in [0.2, 0.25) is 0 Å². The fourth-order valence-electron chi connectivity index (χ4n) is 3.00. The summed E-state index contributed by atoms with van der Waals surface area (Å²) in [6.45, 7) is 0.675. The Hall–Kier alpha value is -2.18. The largest absolute Gasteiger partial charge is 0.394 e. The van der Waals surface area contributed by atoms with Crippen LogP contribution in [0.25, 0.3) is 11.0 Å². The summed E-state index contributed by atoms with van der Waals surface area (Å²) >= 11 is 0. The van der Waals surface area contributed by atoms with E-state index in [1.54, 1.807) is 0 Å². The highest BCUT2D eigenvalue weighted by atomic mass is 16.6. The second-order valence-electron chi connectivity index (χ2n) is 5.76. The molecule has 0 aliphatic carbocycles. The topological polar surface area (TPSA) is 162 Å². The Balaban J connectivity index is 2.18. The van der Waals surface area contributed by atoms with Crippen LogP contribution in [-0.4, -0.2) is 59.5 Å². The first-order valence-electron chi connectivity index (χ1n) is 7.16. The van der Waals surface area contributed by atoms with E-state index in [0.29, 0.717) is 10.9 Å². The van der Waals surface area contributed by atoms with E-state index in [9.17, 15) is 25.4 Å². The number of nitrogens with one attached hydrogen (secondary N) is 1. The summed E-state index contributed by atoms with van der Waals surface area (Å²) < 4.78 is 6.97. The van der Waals surface area contributed by atoms with Gasteiger partial charge in [-0.15, -0.1) is 0 Å². The molecule has 2 aromatic heterocycles. The second-order valence-corrected chi connectivity index (χ2v) is 5.76. The molecule has 0 bridgehead atoms. The molecule has 0 radical (unpaired) electrons. The number of nitrogens with zero attached hydrogens (tertiary/aromatic N) is 4. The van der Waals surface area contributed by atoms with Crippen LogP contribution in [-0.2, 0) is 11.3 Å². The third-order valence-electron chi connectivity index (χ3n) is 4.22. The van der Waals surface area contributed by atoms with Crippen molar-refractivity contribution in [2.45, 2.75) is 37.5 Å². The molecular formula is C13H17N5O6. The molecule has 1 saturated heterocycles. The molecule has 0 saturated carbocycles. The van der Waals surface area contributed by atoms with Crippen LogP contribution < -0.4 is 5.48 Å². The fourth-order valence-corrected chi connectivity index (χ4v) is 3.00. The minimum absolute atomic E-state index is 0.0642. The van der Waals surface area contributed by atoms with Crippen molar-refractivity contribution in [2.24, 2.45) is 5.18 Å². The van der Waals surface area contributed by atoms with Crippen LogP contribution in [0.5, 0.6) is 0 Å². The number of aliphatic hydroxyl groups excluding tert-OH is 2. The van der Waals surface area contributed by atoms with Gasteiger partial charge in [-0.1, -0.05) is 5.18 Å². The van der Waals surface area contributed by atoms with Crippen LogP contribution >= 0.6 is 0 Å². The molecular weight excluding hydrogens is 322 g/mol. The molecule has 3 heterocycles. The number of fused-ring (bicyclic) bond motifs is 1. The van der Waals surface area contributed by atoms with Gasteiger partial charge in [0.2, 0.25) is 0 Å². The zero-order chi connectivity index (χ0) is 17.5. The first kappa shape index (κ1) is 16.7. The summed E-state index contributed by atoms with van der Waals surface area (Å²) in [5, 5.41) is 42.4. The maximum atomic E-state index is 10.7. The van der Waals surface area contributed by atoms with Crippen molar-refractivity contribution in [3.63, 3.8) is 0 Å². The van der Waals surface area contributed by atoms with E-state index in [0.717, 1.165) is 0 Å². The first-order valence-corrected chi connectivity index (χ1v) is 7.16. The molecule has 11 heteroatoms. The van der Waals surface area contributed by atoms with Gasteiger partial charge >= 0.3 is 0 Å². The lowest BCUT2D eigenvalue weighted by Crippen LogP contribution is -2.44. The average molecular weight is 339 g/mol. The molecule has 3 rings (SSSR count). The zero-order valence-corrected chi connectivity index (χ0v) is 12.7. The van der Waals surface area contributed by atoms with E-state index in [4.69, 9.17) is 4.74 Å². The van der Waals surface area contributed by atoms with Crippen molar-refractivity contribution in [1.82, 2.24) is 14.5 Å². The number of hydrogen-bond acceptors (Lipinski definition) is 10. The lowest BCUT2D eigenvalue weighted by atomic mass is 9.96. The van der Waals surface area contributed by atoms with E-state index >= 15 is 0 Å². The molecule has 5 N–H and O–H groups in total. The molecule has 2 aromatic rings. The van der Waals surface area contributed by atoms with E-state index in [1.807, 2.05) is 5.48 Å². The number of ether oxygens (including phenoxy) is 1. The Morgan fingerprint density at radius 1 is 1.50 bits per heavy atom. The number of aliphatic hydroxyl groups is 3. The predicted molar refractivity (Wildman–Crippen MR) is 80.1 cm³/mol. The van der Waals surface area contributed by atoms with Crippen LogP contribution in [0, 0.1) is 4.91 Å². The van der Waals surface area contributed by atoms with Gasteiger partial charge in [-0.3, -0.25) is 10.7 Å². The normalized spacial score (nSPS) is 30.0. The van der Waals surface area contributed by atoms with E-state index in [-0.39, 0.29) is 18.0 Å². The molecule has 24 heavy (non-hydrogen) atoms. The van der Waals surface area contributed by atoms with Gasteiger partial charge in [0.15, 0.2) is 12.0 Å². The van der Waals surface area contributed by atoms with Gasteiger partial charge in [-0.05, 0) is 6.92 Å². The number of aromatic nitrogens is 3. The van der Waals surface area contributed by atoms with E-state index in [1.165, 1.54) is 24.0 Å². The predicted octanol–water partition coefficient (Wildman–Crippen LogP) is -0.500. The molecule has 11 nitrogen and oxygen atoms in total. The fraction of sp³-hybridized carbons (Fsp3) is 0.538. The van der Waals surface area contributed by atoms with Gasteiger partial charge in [0, 0.05) is 11.8 Å². The van der Waals surface area contributed by atoms with Crippen molar-refractivity contribution in [2.75, 3.05) is 12.1 Å². The van der Waals surface area contributed by atoms with E-state index in [2.05, 4.69) is 15.1 Å². The van der Waals surface area contributed by atoms with Gasteiger partial charge in [-0.25, -0.2) is 9.97 Å².